The van der Waals surface area contributed by atoms with Crippen LogP contribution in [0.4, 0.5) is 13.2 Å². The van der Waals surface area contributed by atoms with E-state index in [0.29, 0.717) is 5.56 Å². The molecule has 9 heteroatoms. The van der Waals surface area contributed by atoms with E-state index in [-0.39, 0.29) is 44.2 Å². The third-order valence-corrected chi connectivity index (χ3v) is 5.09. The summed E-state index contributed by atoms with van der Waals surface area (Å²) in [6.07, 6.45) is -3.95. The van der Waals surface area contributed by atoms with Crippen molar-refractivity contribution >= 4 is 17.8 Å². The fourth-order valence-corrected chi connectivity index (χ4v) is 3.51. The molecule has 1 heterocycles. The maximum Gasteiger partial charge on any atom is 0.416 e. The minimum atomic E-state index is -4.46. The van der Waals surface area contributed by atoms with Crippen molar-refractivity contribution in [1.29, 1.82) is 0 Å². The molecule has 1 saturated heterocycles. The highest BCUT2D eigenvalue weighted by molar-refractivity contribution is 5.85. The average molecular weight is 414 g/mol. The van der Waals surface area contributed by atoms with Gasteiger partial charge in [-0.15, -0.1) is 0 Å². The van der Waals surface area contributed by atoms with Crippen molar-refractivity contribution in [1.82, 2.24) is 9.80 Å². The summed E-state index contributed by atoms with van der Waals surface area (Å²) in [5, 5.41) is 0. The summed E-state index contributed by atoms with van der Waals surface area (Å²) in [7, 11) is 3.10. The smallest absolute Gasteiger partial charge is 0.416 e. The highest BCUT2D eigenvalue weighted by Gasteiger charge is 2.40. The van der Waals surface area contributed by atoms with Crippen LogP contribution in [-0.4, -0.2) is 54.8 Å². The Hall–Kier alpha value is -2.58. The van der Waals surface area contributed by atoms with E-state index < -0.39 is 29.7 Å². The molecule has 29 heavy (non-hydrogen) atoms. The summed E-state index contributed by atoms with van der Waals surface area (Å²) < 4.78 is 43.4. The Morgan fingerprint density at radius 2 is 1.86 bits per heavy atom. The van der Waals surface area contributed by atoms with Gasteiger partial charge in [-0.3, -0.25) is 14.4 Å². The molecule has 2 atom stereocenters. The minimum absolute atomic E-state index is 0.0442. The lowest BCUT2D eigenvalue weighted by atomic mass is 9.83. The molecule has 160 valence electrons. The molecule has 2 amide bonds. The van der Waals surface area contributed by atoms with E-state index in [4.69, 9.17) is 4.74 Å². The van der Waals surface area contributed by atoms with Crippen LogP contribution in [-0.2, 0) is 25.3 Å². The van der Waals surface area contributed by atoms with Gasteiger partial charge in [-0.05, 0) is 31.0 Å². The molecule has 2 rings (SSSR count). The number of benzene rings is 1. The summed E-state index contributed by atoms with van der Waals surface area (Å²) >= 11 is 0. The number of likely N-dealkylation sites (tertiary alicyclic amines) is 1. The number of rotatable bonds is 6. The van der Waals surface area contributed by atoms with Gasteiger partial charge in [0.25, 0.3) is 0 Å². The summed E-state index contributed by atoms with van der Waals surface area (Å²) in [4.78, 5) is 39.5. The first-order chi connectivity index (χ1) is 13.6. The Morgan fingerprint density at radius 3 is 2.41 bits per heavy atom. The van der Waals surface area contributed by atoms with Gasteiger partial charge in [0.05, 0.1) is 30.6 Å². The molecule has 0 bridgehead atoms. The van der Waals surface area contributed by atoms with Crippen LogP contribution in [0.2, 0.25) is 0 Å². The molecule has 1 aromatic carbocycles. The predicted octanol–water partition coefficient (Wildman–Crippen LogP) is 3.03. The SMILES string of the molecule is CCOC(=O)CCN(C)C(=O)C1CCC(=O)N(C)C1c1ccc(C(F)(F)F)cc1. The molecule has 0 aromatic heterocycles. The van der Waals surface area contributed by atoms with Crippen LogP contribution in [0, 0.1) is 5.92 Å². The number of hydrogen-bond donors (Lipinski definition) is 0. The average Bonchev–Trinajstić information content (AvgIpc) is 2.67. The van der Waals surface area contributed by atoms with Gasteiger partial charge in [-0.2, -0.15) is 13.2 Å². The van der Waals surface area contributed by atoms with Crippen molar-refractivity contribution in [2.45, 2.75) is 38.4 Å². The maximum atomic E-state index is 13.0. The highest BCUT2D eigenvalue weighted by atomic mass is 19.4. The van der Waals surface area contributed by atoms with Crippen LogP contribution < -0.4 is 0 Å². The van der Waals surface area contributed by atoms with E-state index in [9.17, 15) is 27.6 Å². The quantitative estimate of drug-likeness (QED) is 0.671. The summed E-state index contributed by atoms with van der Waals surface area (Å²) in [6.45, 7) is 2.10. The van der Waals surface area contributed by atoms with Gasteiger partial charge in [-0.1, -0.05) is 12.1 Å². The molecule has 6 nitrogen and oxygen atoms in total. The van der Waals surface area contributed by atoms with Gasteiger partial charge in [0.1, 0.15) is 0 Å². The van der Waals surface area contributed by atoms with Crippen LogP contribution in [0.3, 0.4) is 0 Å². The van der Waals surface area contributed by atoms with Crippen molar-refractivity contribution in [3.8, 4) is 0 Å². The second kappa shape index (κ2) is 9.28. The lowest BCUT2D eigenvalue weighted by Gasteiger charge is -2.40. The molecular formula is C20H25F3N2O4. The van der Waals surface area contributed by atoms with Crippen molar-refractivity contribution in [2.75, 3.05) is 27.2 Å². The number of halogens is 3. The second-order valence-corrected chi connectivity index (χ2v) is 7.03. The molecule has 2 unspecified atom stereocenters. The molecule has 0 radical (unpaired) electrons. The van der Waals surface area contributed by atoms with E-state index in [1.807, 2.05) is 0 Å². The van der Waals surface area contributed by atoms with Crippen LogP contribution >= 0.6 is 0 Å². The number of nitrogens with zero attached hydrogens (tertiary/aromatic N) is 2. The predicted molar refractivity (Wildman–Crippen MR) is 98.6 cm³/mol. The molecule has 1 aromatic rings. The van der Waals surface area contributed by atoms with Crippen LogP contribution in [0.25, 0.3) is 0 Å². The van der Waals surface area contributed by atoms with Gasteiger partial charge < -0.3 is 14.5 Å². The number of hydrogen-bond acceptors (Lipinski definition) is 4. The van der Waals surface area contributed by atoms with Crippen LogP contribution in [0.5, 0.6) is 0 Å². The normalized spacial score (nSPS) is 19.8. The number of carbonyl (C=O) groups is 3. The Labute approximate surface area is 167 Å². The summed E-state index contributed by atoms with van der Waals surface area (Å²) in [6, 6.07) is 3.85. The second-order valence-electron chi connectivity index (χ2n) is 7.03. The van der Waals surface area contributed by atoms with Crippen molar-refractivity contribution < 1.29 is 32.3 Å². The van der Waals surface area contributed by atoms with E-state index in [0.717, 1.165) is 12.1 Å². The number of carbonyl (C=O) groups excluding carboxylic acids is 3. The highest BCUT2D eigenvalue weighted by Crippen LogP contribution is 2.38. The zero-order valence-corrected chi connectivity index (χ0v) is 16.7. The molecule has 0 saturated carbocycles. The van der Waals surface area contributed by atoms with E-state index in [1.54, 1.807) is 21.0 Å². The first kappa shape index (κ1) is 22.7. The number of esters is 1. The first-order valence-electron chi connectivity index (χ1n) is 9.39. The largest absolute Gasteiger partial charge is 0.466 e. The lowest BCUT2D eigenvalue weighted by Crippen LogP contribution is -2.47. The van der Waals surface area contributed by atoms with E-state index >= 15 is 0 Å². The minimum Gasteiger partial charge on any atom is -0.466 e. The molecule has 0 spiro atoms. The number of piperidine rings is 1. The Bertz CT molecular complexity index is 749. The third kappa shape index (κ3) is 5.48. The lowest BCUT2D eigenvalue weighted by molar-refractivity contribution is -0.147. The summed E-state index contributed by atoms with van der Waals surface area (Å²) in [5.41, 5.74) is -0.328. The van der Waals surface area contributed by atoms with E-state index in [2.05, 4.69) is 0 Å². The zero-order chi connectivity index (χ0) is 21.8. The standard InChI is InChI=1S/C20H25F3N2O4/c1-4-29-17(27)11-12-24(2)19(28)15-9-10-16(26)25(3)18(15)13-5-7-14(8-6-13)20(21,22)23/h5-8,15,18H,4,9-12H2,1-3H3. The van der Waals surface area contributed by atoms with Crippen molar-refractivity contribution in [2.24, 2.45) is 5.92 Å². The van der Waals surface area contributed by atoms with Gasteiger partial charge in [0.2, 0.25) is 11.8 Å². The Kier molecular flexibility index (Phi) is 7.26. The topological polar surface area (TPSA) is 66.9 Å². The van der Waals surface area contributed by atoms with Crippen LogP contribution in [0.1, 0.15) is 43.4 Å². The monoisotopic (exact) mass is 414 g/mol. The van der Waals surface area contributed by atoms with Gasteiger partial charge >= 0.3 is 12.1 Å². The first-order valence-corrected chi connectivity index (χ1v) is 9.39. The number of alkyl halides is 3. The molecule has 1 aliphatic heterocycles. The van der Waals surface area contributed by atoms with Gasteiger partial charge in [-0.25, -0.2) is 0 Å². The zero-order valence-electron chi connectivity index (χ0n) is 16.7. The Morgan fingerprint density at radius 1 is 1.24 bits per heavy atom. The van der Waals surface area contributed by atoms with Crippen molar-refractivity contribution in [3.05, 3.63) is 35.4 Å². The Balaban J connectivity index is 2.21. The van der Waals surface area contributed by atoms with E-state index in [1.165, 1.54) is 21.9 Å². The van der Waals surface area contributed by atoms with Crippen molar-refractivity contribution in [3.63, 3.8) is 0 Å². The molecule has 0 N–H and O–H groups in total. The fourth-order valence-electron chi connectivity index (χ4n) is 3.51. The maximum absolute atomic E-state index is 13.0. The van der Waals surface area contributed by atoms with Crippen LogP contribution in [0.15, 0.2) is 24.3 Å². The number of ether oxygens (including phenoxy) is 1. The fraction of sp³-hybridized carbons (Fsp3) is 0.550. The summed E-state index contributed by atoms with van der Waals surface area (Å²) in [5.74, 6) is -1.46. The molecule has 0 aliphatic carbocycles. The number of amides is 2. The molecule has 1 aliphatic rings. The molecular weight excluding hydrogens is 389 g/mol. The third-order valence-electron chi connectivity index (χ3n) is 5.09. The van der Waals surface area contributed by atoms with Gasteiger partial charge in [0.15, 0.2) is 0 Å². The molecule has 1 fully saturated rings. The van der Waals surface area contributed by atoms with Gasteiger partial charge in [0, 0.05) is 27.1 Å².